The minimum Gasteiger partial charge on any atom is -0.355 e. The lowest BCUT2D eigenvalue weighted by atomic mass is 9.82. The summed E-state index contributed by atoms with van der Waals surface area (Å²) in [6, 6.07) is 0. The summed E-state index contributed by atoms with van der Waals surface area (Å²) in [5, 5.41) is 3.49. The highest BCUT2D eigenvalue weighted by atomic mass is 15.2. The summed E-state index contributed by atoms with van der Waals surface area (Å²) in [5.74, 6) is 2.78. The minimum atomic E-state index is 0.839. The highest BCUT2D eigenvalue weighted by Gasteiger charge is 2.18. The van der Waals surface area contributed by atoms with Gasteiger partial charge < -0.3 is 9.88 Å². The maximum atomic E-state index is 4.34. The van der Waals surface area contributed by atoms with Crippen LogP contribution in [0.2, 0.25) is 0 Å². The SMILES string of the molecule is CCn1ccnc1NCC1CCCC(C)C1. The van der Waals surface area contributed by atoms with Crippen molar-refractivity contribution in [2.75, 3.05) is 11.9 Å². The average Bonchev–Trinajstić information content (AvgIpc) is 2.74. The molecule has 2 unspecified atom stereocenters. The number of hydrogen-bond donors (Lipinski definition) is 1. The van der Waals surface area contributed by atoms with Gasteiger partial charge in [0.15, 0.2) is 0 Å². The molecule has 1 saturated carbocycles. The summed E-state index contributed by atoms with van der Waals surface area (Å²) >= 11 is 0. The fourth-order valence-corrected chi connectivity index (χ4v) is 2.71. The van der Waals surface area contributed by atoms with Crippen LogP contribution in [0.15, 0.2) is 12.4 Å². The van der Waals surface area contributed by atoms with Crippen LogP contribution in [0.1, 0.15) is 39.5 Å². The molecule has 1 aromatic rings. The van der Waals surface area contributed by atoms with Gasteiger partial charge in [0.25, 0.3) is 0 Å². The van der Waals surface area contributed by atoms with Gasteiger partial charge in [0.2, 0.25) is 5.95 Å². The van der Waals surface area contributed by atoms with Crippen molar-refractivity contribution in [2.24, 2.45) is 11.8 Å². The molecule has 2 rings (SSSR count). The van der Waals surface area contributed by atoms with E-state index in [1.54, 1.807) is 0 Å². The van der Waals surface area contributed by atoms with Crippen LogP contribution in [0.4, 0.5) is 5.95 Å². The third-order valence-electron chi connectivity index (χ3n) is 3.65. The van der Waals surface area contributed by atoms with Crippen LogP contribution in [0.3, 0.4) is 0 Å². The first kappa shape index (κ1) is 11.5. The van der Waals surface area contributed by atoms with Gasteiger partial charge in [-0.25, -0.2) is 4.98 Å². The molecule has 1 heterocycles. The fourth-order valence-electron chi connectivity index (χ4n) is 2.71. The van der Waals surface area contributed by atoms with Crippen molar-refractivity contribution in [1.29, 1.82) is 0 Å². The van der Waals surface area contributed by atoms with E-state index in [0.717, 1.165) is 30.9 Å². The van der Waals surface area contributed by atoms with Gasteiger partial charge in [-0.1, -0.05) is 19.8 Å². The molecular formula is C13H23N3. The lowest BCUT2D eigenvalue weighted by Gasteiger charge is -2.26. The number of anilines is 1. The van der Waals surface area contributed by atoms with Gasteiger partial charge in [-0.2, -0.15) is 0 Å². The van der Waals surface area contributed by atoms with Gasteiger partial charge in [-0.05, 0) is 31.6 Å². The van der Waals surface area contributed by atoms with Crippen molar-refractivity contribution in [2.45, 2.75) is 46.1 Å². The molecule has 0 radical (unpaired) electrons. The monoisotopic (exact) mass is 221 g/mol. The van der Waals surface area contributed by atoms with Crippen molar-refractivity contribution in [3.63, 3.8) is 0 Å². The summed E-state index contributed by atoms with van der Waals surface area (Å²) in [6.07, 6.45) is 9.47. The third-order valence-corrected chi connectivity index (χ3v) is 3.65. The summed E-state index contributed by atoms with van der Waals surface area (Å²) in [7, 11) is 0. The molecule has 1 aliphatic rings. The zero-order valence-corrected chi connectivity index (χ0v) is 10.4. The second-order valence-corrected chi connectivity index (χ2v) is 5.06. The summed E-state index contributed by atoms with van der Waals surface area (Å²) < 4.78 is 2.16. The number of imidazole rings is 1. The zero-order chi connectivity index (χ0) is 11.4. The lowest BCUT2D eigenvalue weighted by molar-refractivity contribution is 0.293. The Kier molecular flexibility index (Phi) is 3.86. The molecule has 1 fully saturated rings. The van der Waals surface area contributed by atoms with E-state index < -0.39 is 0 Å². The van der Waals surface area contributed by atoms with E-state index in [1.165, 1.54) is 25.7 Å². The van der Waals surface area contributed by atoms with Crippen LogP contribution < -0.4 is 5.32 Å². The van der Waals surface area contributed by atoms with E-state index in [1.807, 2.05) is 12.4 Å². The number of rotatable bonds is 4. The normalized spacial score (nSPS) is 25.6. The Balaban J connectivity index is 1.82. The lowest BCUT2D eigenvalue weighted by Crippen LogP contribution is -2.22. The van der Waals surface area contributed by atoms with E-state index in [-0.39, 0.29) is 0 Å². The Morgan fingerprint density at radius 3 is 3.12 bits per heavy atom. The number of aryl methyl sites for hydroxylation is 1. The van der Waals surface area contributed by atoms with Gasteiger partial charge in [-0.15, -0.1) is 0 Å². The molecule has 1 aliphatic carbocycles. The Morgan fingerprint density at radius 2 is 2.38 bits per heavy atom. The van der Waals surface area contributed by atoms with Crippen molar-refractivity contribution < 1.29 is 0 Å². The van der Waals surface area contributed by atoms with Gasteiger partial charge in [-0.3, -0.25) is 0 Å². The van der Waals surface area contributed by atoms with E-state index >= 15 is 0 Å². The van der Waals surface area contributed by atoms with Crippen molar-refractivity contribution in [3.05, 3.63) is 12.4 Å². The molecule has 0 aromatic carbocycles. The third kappa shape index (κ3) is 2.77. The maximum Gasteiger partial charge on any atom is 0.202 e. The van der Waals surface area contributed by atoms with E-state index in [2.05, 4.69) is 28.7 Å². The Morgan fingerprint density at radius 1 is 1.50 bits per heavy atom. The van der Waals surface area contributed by atoms with E-state index in [4.69, 9.17) is 0 Å². The average molecular weight is 221 g/mol. The molecule has 1 N–H and O–H groups in total. The molecule has 0 spiro atoms. The predicted octanol–water partition coefficient (Wildman–Crippen LogP) is 3.14. The number of hydrogen-bond acceptors (Lipinski definition) is 2. The molecule has 3 heteroatoms. The maximum absolute atomic E-state index is 4.34. The molecule has 0 amide bonds. The van der Waals surface area contributed by atoms with Crippen molar-refractivity contribution >= 4 is 5.95 Å². The molecule has 2 atom stereocenters. The van der Waals surface area contributed by atoms with Crippen LogP contribution in [-0.2, 0) is 6.54 Å². The molecule has 1 aromatic heterocycles. The molecule has 0 aliphatic heterocycles. The van der Waals surface area contributed by atoms with E-state index in [0.29, 0.717) is 0 Å². The number of nitrogens with zero attached hydrogens (tertiary/aromatic N) is 2. The molecule has 90 valence electrons. The zero-order valence-electron chi connectivity index (χ0n) is 10.4. The minimum absolute atomic E-state index is 0.839. The number of aromatic nitrogens is 2. The highest BCUT2D eigenvalue weighted by molar-refractivity contribution is 5.25. The van der Waals surface area contributed by atoms with Crippen LogP contribution in [0.5, 0.6) is 0 Å². The van der Waals surface area contributed by atoms with Gasteiger partial charge in [0, 0.05) is 25.5 Å². The van der Waals surface area contributed by atoms with Crippen LogP contribution >= 0.6 is 0 Å². The molecule has 0 saturated heterocycles. The van der Waals surface area contributed by atoms with Crippen LogP contribution in [0, 0.1) is 11.8 Å². The van der Waals surface area contributed by atoms with Gasteiger partial charge in [0.05, 0.1) is 0 Å². The topological polar surface area (TPSA) is 29.9 Å². The van der Waals surface area contributed by atoms with Crippen LogP contribution in [-0.4, -0.2) is 16.1 Å². The van der Waals surface area contributed by atoms with Gasteiger partial charge >= 0.3 is 0 Å². The first-order valence-electron chi connectivity index (χ1n) is 6.54. The Hall–Kier alpha value is -0.990. The molecule has 0 bridgehead atoms. The van der Waals surface area contributed by atoms with Crippen molar-refractivity contribution in [3.8, 4) is 0 Å². The first-order chi connectivity index (χ1) is 7.79. The summed E-state index contributed by atoms with van der Waals surface area (Å²) in [4.78, 5) is 4.34. The van der Waals surface area contributed by atoms with E-state index in [9.17, 15) is 0 Å². The second kappa shape index (κ2) is 5.37. The Labute approximate surface area is 98.3 Å². The second-order valence-electron chi connectivity index (χ2n) is 5.06. The standard InChI is InChI=1S/C13H23N3/c1-3-16-8-7-14-13(16)15-10-12-6-4-5-11(2)9-12/h7-8,11-12H,3-6,9-10H2,1-2H3,(H,14,15). The Bertz CT molecular complexity index is 319. The molecule has 16 heavy (non-hydrogen) atoms. The highest BCUT2D eigenvalue weighted by Crippen LogP contribution is 2.28. The quantitative estimate of drug-likeness (QED) is 0.846. The summed E-state index contributed by atoms with van der Waals surface area (Å²) in [5.41, 5.74) is 0. The fraction of sp³-hybridized carbons (Fsp3) is 0.769. The van der Waals surface area contributed by atoms with Gasteiger partial charge in [0.1, 0.15) is 0 Å². The summed E-state index contributed by atoms with van der Waals surface area (Å²) in [6.45, 7) is 6.60. The smallest absolute Gasteiger partial charge is 0.202 e. The largest absolute Gasteiger partial charge is 0.355 e. The van der Waals surface area contributed by atoms with Crippen molar-refractivity contribution in [1.82, 2.24) is 9.55 Å². The predicted molar refractivity (Wildman–Crippen MR) is 67.5 cm³/mol. The molecule has 3 nitrogen and oxygen atoms in total. The number of nitrogens with one attached hydrogen (secondary N) is 1. The molecular weight excluding hydrogens is 198 g/mol. The first-order valence-corrected chi connectivity index (χ1v) is 6.54. The van der Waals surface area contributed by atoms with Crippen LogP contribution in [0.25, 0.3) is 0 Å².